The number of methoxy groups -OCH3 is 1. The molecular formula is C23H25N3O5. The van der Waals surface area contributed by atoms with E-state index < -0.39 is 11.8 Å². The fraction of sp³-hybridized carbons (Fsp3) is 0.261. The lowest BCUT2D eigenvalue weighted by Gasteiger charge is -2.14. The summed E-state index contributed by atoms with van der Waals surface area (Å²) in [5.41, 5.74) is 2.97. The molecule has 1 aromatic heterocycles. The van der Waals surface area contributed by atoms with Crippen molar-refractivity contribution >= 4 is 22.7 Å². The number of carbonyl (C=O) groups is 2. The maximum atomic E-state index is 12.9. The molecule has 3 rings (SSSR count). The van der Waals surface area contributed by atoms with Crippen molar-refractivity contribution < 1.29 is 19.5 Å². The fourth-order valence-electron chi connectivity index (χ4n) is 3.34. The van der Waals surface area contributed by atoms with Crippen LogP contribution >= 0.6 is 0 Å². The molecule has 1 heterocycles. The Morgan fingerprint density at radius 1 is 1.06 bits per heavy atom. The van der Waals surface area contributed by atoms with Crippen LogP contribution in [0.2, 0.25) is 0 Å². The zero-order chi connectivity index (χ0) is 22.2. The first kappa shape index (κ1) is 22.0. The topological polar surface area (TPSA) is 110 Å². The molecule has 0 saturated heterocycles. The van der Waals surface area contributed by atoms with Crippen LogP contribution < -0.4 is 21.0 Å². The van der Waals surface area contributed by atoms with E-state index in [1.165, 1.54) is 0 Å². The Labute approximate surface area is 179 Å². The average molecular weight is 423 g/mol. The fourth-order valence-corrected chi connectivity index (χ4v) is 3.34. The molecule has 31 heavy (non-hydrogen) atoms. The van der Waals surface area contributed by atoms with E-state index in [4.69, 9.17) is 9.94 Å². The van der Waals surface area contributed by atoms with E-state index in [2.05, 4.69) is 5.32 Å². The third kappa shape index (κ3) is 5.49. The Hall–Kier alpha value is -3.65. The van der Waals surface area contributed by atoms with Crippen LogP contribution in [-0.4, -0.2) is 28.7 Å². The molecular weight excluding hydrogens is 398 g/mol. The number of pyridine rings is 1. The number of aryl methyl sites for hydroxylation is 1. The minimum Gasteiger partial charge on any atom is -0.497 e. The van der Waals surface area contributed by atoms with E-state index in [-0.39, 0.29) is 24.0 Å². The molecule has 0 spiro atoms. The average Bonchev–Trinajstić information content (AvgIpc) is 2.81. The molecule has 3 N–H and O–H groups in total. The number of nitrogens with zero attached hydrogens (tertiary/aromatic N) is 1. The quantitative estimate of drug-likeness (QED) is 0.278. The molecule has 2 amide bonds. The molecule has 0 fully saturated rings. The smallest absolute Gasteiger partial charge is 0.257 e. The highest BCUT2D eigenvalue weighted by Gasteiger charge is 2.15. The Morgan fingerprint density at radius 3 is 2.52 bits per heavy atom. The number of hydrogen-bond acceptors (Lipinski definition) is 5. The van der Waals surface area contributed by atoms with Gasteiger partial charge in [0.2, 0.25) is 11.3 Å². The predicted molar refractivity (Wildman–Crippen MR) is 116 cm³/mol. The van der Waals surface area contributed by atoms with Crippen molar-refractivity contribution in [2.45, 2.75) is 32.4 Å². The molecule has 8 nitrogen and oxygen atoms in total. The summed E-state index contributed by atoms with van der Waals surface area (Å²) in [5, 5.41) is 11.9. The molecule has 162 valence electrons. The summed E-state index contributed by atoms with van der Waals surface area (Å²) in [6, 6.07) is 14.4. The molecule has 0 saturated carbocycles. The van der Waals surface area contributed by atoms with Gasteiger partial charge in [-0.1, -0.05) is 24.3 Å². The van der Waals surface area contributed by atoms with Crippen LogP contribution in [0.5, 0.6) is 5.75 Å². The van der Waals surface area contributed by atoms with Crippen molar-refractivity contribution in [3.63, 3.8) is 0 Å². The van der Waals surface area contributed by atoms with Gasteiger partial charge in [0.25, 0.3) is 5.91 Å². The van der Waals surface area contributed by atoms with Crippen LogP contribution in [-0.2, 0) is 17.9 Å². The summed E-state index contributed by atoms with van der Waals surface area (Å²) < 4.78 is 6.98. The summed E-state index contributed by atoms with van der Waals surface area (Å²) >= 11 is 0. The lowest BCUT2D eigenvalue weighted by molar-refractivity contribution is -0.129. The van der Waals surface area contributed by atoms with E-state index in [9.17, 15) is 14.4 Å². The Balaban J connectivity index is 1.78. The molecule has 0 atom stereocenters. The van der Waals surface area contributed by atoms with E-state index >= 15 is 0 Å². The number of fused-ring (bicyclic) bond motifs is 1. The van der Waals surface area contributed by atoms with Gasteiger partial charge in [-0.05, 0) is 42.7 Å². The number of hydroxylamine groups is 1. The highest BCUT2D eigenvalue weighted by Crippen LogP contribution is 2.14. The lowest BCUT2D eigenvalue weighted by Crippen LogP contribution is -2.29. The SMILES string of the molecule is COc1ccc(CNC(=O)c2cn(CCCCC(=O)NO)c3ccccc3c2=O)cc1. The monoisotopic (exact) mass is 423 g/mol. The minimum atomic E-state index is -0.444. The van der Waals surface area contributed by atoms with Gasteiger partial charge in [-0.2, -0.15) is 0 Å². The largest absolute Gasteiger partial charge is 0.497 e. The zero-order valence-electron chi connectivity index (χ0n) is 17.3. The molecule has 2 aromatic carbocycles. The first-order valence-electron chi connectivity index (χ1n) is 9.99. The second-order valence-corrected chi connectivity index (χ2v) is 7.11. The zero-order valence-corrected chi connectivity index (χ0v) is 17.3. The summed E-state index contributed by atoms with van der Waals surface area (Å²) in [6.45, 7) is 0.809. The number of carbonyl (C=O) groups excluding carboxylic acids is 2. The summed E-state index contributed by atoms with van der Waals surface area (Å²) in [5.74, 6) is -0.160. The van der Waals surface area contributed by atoms with Crippen LogP contribution in [0.15, 0.2) is 59.5 Å². The standard InChI is InChI=1S/C23H25N3O5/c1-31-17-11-9-16(10-12-17)14-24-23(29)19-15-26(13-5-4-8-21(27)25-30)20-7-3-2-6-18(20)22(19)28/h2-3,6-7,9-12,15,30H,4-5,8,13-14H2,1H3,(H,24,29)(H,25,27). The minimum absolute atomic E-state index is 0.0697. The van der Waals surface area contributed by atoms with Gasteiger partial charge < -0.3 is 14.6 Å². The summed E-state index contributed by atoms with van der Waals surface area (Å²) in [7, 11) is 1.59. The van der Waals surface area contributed by atoms with Gasteiger partial charge in [-0.15, -0.1) is 0 Å². The molecule has 0 bridgehead atoms. The number of ether oxygens (including phenoxy) is 1. The molecule has 0 radical (unpaired) electrons. The van der Waals surface area contributed by atoms with Crippen molar-refractivity contribution in [2.24, 2.45) is 0 Å². The molecule has 0 unspecified atom stereocenters. The highest BCUT2D eigenvalue weighted by atomic mass is 16.5. The third-order valence-corrected chi connectivity index (χ3v) is 5.02. The maximum Gasteiger partial charge on any atom is 0.257 e. The molecule has 0 aliphatic carbocycles. The second kappa shape index (κ2) is 10.4. The van der Waals surface area contributed by atoms with Crippen molar-refractivity contribution in [1.82, 2.24) is 15.4 Å². The van der Waals surface area contributed by atoms with Gasteiger partial charge in [0, 0.05) is 31.1 Å². The molecule has 0 aliphatic heterocycles. The normalized spacial score (nSPS) is 10.6. The number of amides is 2. The van der Waals surface area contributed by atoms with Crippen LogP contribution in [0.25, 0.3) is 10.9 Å². The van der Waals surface area contributed by atoms with Crippen molar-refractivity contribution in [2.75, 3.05) is 7.11 Å². The first-order valence-corrected chi connectivity index (χ1v) is 9.99. The second-order valence-electron chi connectivity index (χ2n) is 7.11. The van der Waals surface area contributed by atoms with E-state index in [1.807, 2.05) is 41.0 Å². The van der Waals surface area contributed by atoms with Gasteiger partial charge in [0.15, 0.2) is 0 Å². The number of benzene rings is 2. The third-order valence-electron chi connectivity index (χ3n) is 5.02. The Bertz CT molecular complexity index is 1120. The summed E-state index contributed by atoms with van der Waals surface area (Å²) in [6.07, 6.45) is 2.98. The van der Waals surface area contributed by atoms with Gasteiger partial charge in [-0.3, -0.25) is 19.6 Å². The highest BCUT2D eigenvalue weighted by molar-refractivity contribution is 5.97. The van der Waals surface area contributed by atoms with Gasteiger partial charge in [-0.25, -0.2) is 5.48 Å². The van der Waals surface area contributed by atoms with Gasteiger partial charge >= 0.3 is 0 Å². The van der Waals surface area contributed by atoms with Crippen LogP contribution in [0.3, 0.4) is 0 Å². The summed E-state index contributed by atoms with van der Waals surface area (Å²) in [4.78, 5) is 36.9. The van der Waals surface area contributed by atoms with E-state index in [1.54, 1.807) is 30.9 Å². The first-order chi connectivity index (χ1) is 15.0. The number of aromatic nitrogens is 1. The van der Waals surface area contributed by atoms with Crippen molar-refractivity contribution in [3.05, 3.63) is 76.1 Å². The van der Waals surface area contributed by atoms with Crippen LogP contribution in [0, 0.1) is 0 Å². The van der Waals surface area contributed by atoms with E-state index in [0.717, 1.165) is 16.8 Å². The lowest BCUT2D eigenvalue weighted by atomic mass is 10.1. The number of unbranched alkanes of at least 4 members (excludes halogenated alkanes) is 1. The predicted octanol–water partition coefficient (Wildman–Crippen LogP) is 2.62. The number of para-hydroxylation sites is 1. The Kier molecular flexibility index (Phi) is 7.40. The molecule has 3 aromatic rings. The van der Waals surface area contributed by atoms with Crippen LogP contribution in [0.1, 0.15) is 35.2 Å². The number of nitrogens with one attached hydrogen (secondary N) is 2. The van der Waals surface area contributed by atoms with Crippen molar-refractivity contribution in [1.29, 1.82) is 0 Å². The number of hydrogen-bond donors (Lipinski definition) is 3. The Morgan fingerprint density at radius 2 is 1.81 bits per heavy atom. The molecule has 0 aliphatic rings. The maximum absolute atomic E-state index is 12.9. The van der Waals surface area contributed by atoms with Gasteiger partial charge in [0.1, 0.15) is 11.3 Å². The van der Waals surface area contributed by atoms with Crippen molar-refractivity contribution in [3.8, 4) is 5.75 Å². The van der Waals surface area contributed by atoms with Crippen LogP contribution in [0.4, 0.5) is 0 Å². The van der Waals surface area contributed by atoms with Gasteiger partial charge in [0.05, 0.1) is 12.6 Å². The number of rotatable bonds is 9. The van der Waals surface area contributed by atoms with E-state index in [0.29, 0.717) is 24.8 Å². The molecule has 8 heteroatoms.